The summed E-state index contributed by atoms with van der Waals surface area (Å²) in [4.78, 5) is 12.1. The van der Waals surface area contributed by atoms with Crippen molar-refractivity contribution in [3.63, 3.8) is 0 Å². The number of carbonyl (C=O) groups excluding carboxylic acids is 1. The van der Waals surface area contributed by atoms with E-state index < -0.39 is 5.82 Å². The topological polar surface area (TPSA) is 17.1 Å². The van der Waals surface area contributed by atoms with Crippen molar-refractivity contribution < 1.29 is 9.18 Å². The summed E-state index contributed by atoms with van der Waals surface area (Å²) in [5.41, 5.74) is 0.418. The lowest BCUT2D eigenvalue weighted by atomic mass is 9.90. The lowest BCUT2D eigenvalue weighted by Gasteiger charge is -2.14. The largest absolute Gasteiger partial charge is 0.299 e. The van der Waals surface area contributed by atoms with Gasteiger partial charge in [0.25, 0.3) is 0 Å². The van der Waals surface area contributed by atoms with Gasteiger partial charge in [0.05, 0.1) is 5.02 Å². The molecule has 1 aromatic rings. The van der Waals surface area contributed by atoms with Gasteiger partial charge in [0.15, 0.2) is 0 Å². The second-order valence-electron chi connectivity index (χ2n) is 4.87. The highest BCUT2D eigenvalue weighted by atomic mass is 35.5. The Hall–Kier alpha value is -0.890. The van der Waals surface area contributed by atoms with E-state index in [1.54, 1.807) is 12.1 Å². The molecule has 0 bridgehead atoms. The summed E-state index contributed by atoms with van der Waals surface area (Å²) in [7, 11) is 0. The van der Waals surface area contributed by atoms with Crippen LogP contribution in [0.3, 0.4) is 0 Å². The van der Waals surface area contributed by atoms with Crippen molar-refractivity contribution in [2.24, 2.45) is 11.8 Å². The third-order valence-electron chi connectivity index (χ3n) is 3.67. The van der Waals surface area contributed by atoms with Gasteiger partial charge in [-0.05, 0) is 30.4 Å². The molecule has 1 fully saturated rings. The van der Waals surface area contributed by atoms with Crippen molar-refractivity contribution in [2.45, 2.75) is 32.6 Å². The van der Waals surface area contributed by atoms with Gasteiger partial charge in [-0.2, -0.15) is 0 Å². The molecular weight excluding hydrogens is 239 g/mol. The Labute approximate surface area is 106 Å². The van der Waals surface area contributed by atoms with E-state index in [0.717, 1.165) is 19.3 Å². The molecule has 0 spiro atoms. The predicted octanol–water partition coefficient (Wildman–Crippen LogP) is 4.03. The zero-order chi connectivity index (χ0) is 12.4. The fourth-order valence-corrected chi connectivity index (χ4v) is 2.82. The molecule has 0 heterocycles. The standard InChI is InChI=1S/C14H16ClFO/c1-9-4-2-6-11(9)13(17)8-10-5-3-7-12(15)14(10)16/h3,5,7,9,11H,2,4,6,8H2,1H3. The van der Waals surface area contributed by atoms with Crippen LogP contribution in [0.25, 0.3) is 0 Å². The number of Topliss-reactive ketones (excluding diaryl/α,β-unsaturated/α-hetero) is 1. The average molecular weight is 255 g/mol. The van der Waals surface area contributed by atoms with Crippen LogP contribution in [0, 0.1) is 17.7 Å². The van der Waals surface area contributed by atoms with Gasteiger partial charge in [0.1, 0.15) is 11.6 Å². The molecule has 0 amide bonds. The Morgan fingerprint density at radius 3 is 2.88 bits per heavy atom. The highest BCUT2D eigenvalue weighted by molar-refractivity contribution is 6.30. The maximum Gasteiger partial charge on any atom is 0.145 e. The molecular formula is C14H16ClFO. The fourth-order valence-electron chi connectivity index (χ4n) is 2.63. The Bertz CT molecular complexity index is 430. The van der Waals surface area contributed by atoms with Gasteiger partial charge < -0.3 is 0 Å². The molecule has 0 aromatic heterocycles. The number of hydrogen-bond acceptors (Lipinski definition) is 1. The van der Waals surface area contributed by atoms with E-state index in [0.29, 0.717) is 11.5 Å². The Morgan fingerprint density at radius 1 is 1.47 bits per heavy atom. The monoisotopic (exact) mass is 254 g/mol. The highest BCUT2D eigenvalue weighted by Gasteiger charge is 2.29. The molecule has 2 atom stereocenters. The van der Waals surface area contributed by atoms with E-state index in [1.165, 1.54) is 6.07 Å². The van der Waals surface area contributed by atoms with Gasteiger partial charge in [-0.1, -0.05) is 37.1 Å². The van der Waals surface area contributed by atoms with Crippen molar-refractivity contribution in [3.05, 3.63) is 34.6 Å². The van der Waals surface area contributed by atoms with Crippen LogP contribution in [-0.4, -0.2) is 5.78 Å². The molecule has 1 saturated carbocycles. The molecule has 1 aliphatic carbocycles. The van der Waals surface area contributed by atoms with Crippen LogP contribution in [0.4, 0.5) is 4.39 Å². The second-order valence-corrected chi connectivity index (χ2v) is 5.28. The van der Waals surface area contributed by atoms with Gasteiger partial charge in [0.2, 0.25) is 0 Å². The van der Waals surface area contributed by atoms with E-state index in [4.69, 9.17) is 11.6 Å². The van der Waals surface area contributed by atoms with E-state index >= 15 is 0 Å². The van der Waals surface area contributed by atoms with Crippen molar-refractivity contribution in [3.8, 4) is 0 Å². The van der Waals surface area contributed by atoms with Crippen LogP contribution < -0.4 is 0 Å². The molecule has 1 aliphatic rings. The van der Waals surface area contributed by atoms with Crippen molar-refractivity contribution in [1.29, 1.82) is 0 Å². The third kappa shape index (κ3) is 2.68. The fraction of sp³-hybridized carbons (Fsp3) is 0.500. The SMILES string of the molecule is CC1CCCC1C(=O)Cc1cccc(Cl)c1F. The number of benzene rings is 1. The molecule has 92 valence electrons. The lowest BCUT2D eigenvalue weighted by Crippen LogP contribution is -2.19. The third-order valence-corrected chi connectivity index (χ3v) is 3.96. The summed E-state index contributed by atoms with van der Waals surface area (Å²) in [5.74, 6) is 0.238. The van der Waals surface area contributed by atoms with Crippen LogP contribution in [0.2, 0.25) is 5.02 Å². The molecule has 2 unspecified atom stereocenters. The molecule has 0 N–H and O–H groups in total. The molecule has 3 heteroatoms. The van der Waals surface area contributed by atoms with E-state index in [2.05, 4.69) is 6.92 Å². The first-order chi connectivity index (χ1) is 8.09. The van der Waals surface area contributed by atoms with Gasteiger partial charge in [-0.3, -0.25) is 4.79 Å². The first kappa shape index (κ1) is 12.6. The van der Waals surface area contributed by atoms with Crippen LogP contribution in [-0.2, 0) is 11.2 Å². The minimum atomic E-state index is -0.451. The zero-order valence-electron chi connectivity index (χ0n) is 9.88. The molecule has 0 radical (unpaired) electrons. The summed E-state index contributed by atoms with van der Waals surface area (Å²) < 4.78 is 13.7. The van der Waals surface area contributed by atoms with Crippen LogP contribution in [0.15, 0.2) is 18.2 Å². The maximum atomic E-state index is 13.7. The highest BCUT2D eigenvalue weighted by Crippen LogP contribution is 2.33. The summed E-state index contributed by atoms with van der Waals surface area (Å²) in [6, 6.07) is 4.83. The van der Waals surface area contributed by atoms with E-state index in [-0.39, 0.29) is 23.1 Å². The summed E-state index contributed by atoms with van der Waals surface area (Å²) in [5, 5.41) is 0.0924. The lowest BCUT2D eigenvalue weighted by molar-refractivity contribution is -0.123. The summed E-state index contributed by atoms with van der Waals surface area (Å²) in [6.07, 6.45) is 3.33. The van der Waals surface area contributed by atoms with E-state index in [9.17, 15) is 9.18 Å². The second kappa shape index (κ2) is 5.18. The van der Waals surface area contributed by atoms with Gasteiger partial charge in [-0.15, -0.1) is 0 Å². The molecule has 17 heavy (non-hydrogen) atoms. The number of ketones is 1. The molecule has 2 rings (SSSR count). The predicted molar refractivity (Wildman–Crippen MR) is 66.6 cm³/mol. The maximum absolute atomic E-state index is 13.7. The number of halogens is 2. The zero-order valence-corrected chi connectivity index (χ0v) is 10.6. The Kier molecular flexibility index (Phi) is 3.82. The summed E-state index contributed by atoms with van der Waals surface area (Å²) >= 11 is 5.70. The number of rotatable bonds is 3. The number of hydrogen-bond donors (Lipinski definition) is 0. The Balaban J connectivity index is 2.10. The molecule has 1 aromatic carbocycles. The normalized spacial score (nSPS) is 23.9. The van der Waals surface area contributed by atoms with Gasteiger partial charge in [0, 0.05) is 12.3 Å². The van der Waals surface area contributed by atoms with Gasteiger partial charge >= 0.3 is 0 Å². The van der Waals surface area contributed by atoms with Gasteiger partial charge in [-0.25, -0.2) is 4.39 Å². The minimum Gasteiger partial charge on any atom is -0.299 e. The van der Waals surface area contributed by atoms with Crippen LogP contribution in [0.5, 0.6) is 0 Å². The molecule has 0 saturated heterocycles. The van der Waals surface area contributed by atoms with E-state index in [1.807, 2.05) is 0 Å². The average Bonchev–Trinajstić information content (AvgIpc) is 2.71. The van der Waals surface area contributed by atoms with Crippen LogP contribution in [0.1, 0.15) is 31.7 Å². The minimum absolute atomic E-state index is 0.0924. The number of carbonyl (C=O) groups is 1. The molecule has 1 nitrogen and oxygen atoms in total. The van der Waals surface area contributed by atoms with Crippen molar-refractivity contribution in [1.82, 2.24) is 0 Å². The van der Waals surface area contributed by atoms with Crippen molar-refractivity contribution in [2.75, 3.05) is 0 Å². The smallest absolute Gasteiger partial charge is 0.145 e. The first-order valence-electron chi connectivity index (χ1n) is 6.05. The van der Waals surface area contributed by atoms with Crippen LogP contribution >= 0.6 is 11.6 Å². The molecule has 0 aliphatic heterocycles. The first-order valence-corrected chi connectivity index (χ1v) is 6.43. The summed E-state index contributed by atoms with van der Waals surface area (Å²) in [6.45, 7) is 2.10. The quantitative estimate of drug-likeness (QED) is 0.796. The van der Waals surface area contributed by atoms with Crippen molar-refractivity contribution >= 4 is 17.4 Å². The Morgan fingerprint density at radius 2 is 2.24 bits per heavy atom.